The summed E-state index contributed by atoms with van der Waals surface area (Å²) in [6.07, 6.45) is 0.218. The van der Waals surface area contributed by atoms with E-state index in [-0.39, 0.29) is 30.7 Å². The fraction of sp³-hybridized carbons (Fsp3) is 0.800. The lowest BCUT2D eigenvalue weighted by Crippen LogP contribution is -2.40. The highest BCUT2D eigenvalue weighted by molar-refractivity contribution is 5.77. The number of carboxylic acids is 1. The van der Waals surface area contributed by atoms with Crippen LogP contribution in [0.25, 0.3) is 0 Å². The Kier molecular flexibility index (Phi) is 6.70. The van der Waals surface area contributed by atoms with Crippen molar-refractivity contribution in [2.45, 2.75) is 32.7 Å². The monoisotopic (exact) mass is 217 g/mol. The quantitative estimate of drug-likeness (QED) is 0.656. The summed E-state index contributed by atoms with van der Waals surface area (Å²) < 4.78 is 4.76. The highest BCUT2D eigenvalue weighted by atomic mass is 16.5. The molecule has 0 aromatic rings. The van der Waals surface area contributed by atoms with Crippen molar-refractivity contribution >= 4 is 11.9 Å². The maximum Gasteiger partial charge on any atom is 0.305 e. The van der Waals surface area contributed by atoms with E-state index in [1.54, 1.807) is 0 Å². The molecule has 1 unspecified atom stereocenters. The molecule has 0 fully saturated rings. The van der Waals surface area contributed by atoms with Gasteiger partial charge in [-0.3, -0.25) is 9.59 Å². The van der Waals surface area contributed by atoms with E-state index in [9.17, 15) is 9.59 Å². The summed E-state index contributed by atoms with van der Waals surface area (Å²) in [5.41, 5.74) is 0. The van der Waals surface area contributed by atoms with Gasteiger partial charge < -0.3 is 15.2 Å². The normalized spacial score (nSPS) is 12.5. The van der Waals surface area contributed by atoms with E-state index < -0.39 is 5.97 Å². The molecule has 0 aliphatic rings. The topological polar surface area (TPSA) is 75.6 Å². The third-order valence-corrected chi connectivity index (χ3v) is 2.08. The molecule has 0 aliphatic heterocycles. The molecule has 1 atom stereocenters. The van der Waals surface area contributed by atoms with Gasteiger partial charge in [0.1, 0.15) is 0 Å². The lowest BCUT2D eigenvalue weighted by Gasteiger charge is -2.20. The Balaban J connectivity index is 4.04. The van der Waals surface area contributed by atoms with Crippen LogP contribution in [0.3, 0.4) is 0 Å². The van der Waals surface area contributed by atoms with E-state index in [2.05, 4.69) is 5.32 Å². The standard InChI is InChI=1S/C10H19NO4/c1-7(2)8(6-10(13)14)11-9(12)4-5-15-3/h7-8H,4-6H2,1-3H3,(H,11,12)(H,13,14). The number of rotatable bonds is 7. The fourth-order valence-electron chi connectivity index (χ4n) is 1.12. The van der Waals surface area contributed by atoms with Crippen LogP contribution in [-0.2, 0) is 14.3 Å². The number of hydrogen-bond donors (Lipinski definition) is 2. The minimum Gasteiger partial charge on any atom is -0.481 e. The largest absolute Gasteiger partial charge is 0.481 e. The van der Waals surface area contributed by atoms with Crippen molar-refractivity contribution in [3.63, 3.8) is 0 Å². The second-order valence-electron chi connectivity index (χ2n) is 3.76. The second-order valence-corrected chi connectivity index (χ2v) is 3.76. The molecule has 0 radical (unpaired) electrons. The number of amides is 1. The lowest BCUT2D eigenvalue weighted by molar-refractivity contribution is -0.138. The van der Waals surface area contributed by atoms with Crippen molar-refractivity contribution in [1.29, 1.82) is 0 Å². The number of aliphatic carboxylic acids is 1. The van der Waals surface area contributed by atoms with Crippen LogP contribution in [0.4, 0.5) is 0 Å². The summed E-state index contributed by atoms with van der Waals surface area (Å²) in [7, 11) is 1.52. The number of carbonyl (C=O) groups is 2. The third-order valence-electron chi connectivity index (χ3n) is 2.08. The van der Waals surface area contributed by atoms with Crippen molar-refractivity contribution in [2.24, 2.45) is 5.92 Å². The predicted octanol–water partition coefficient (Wildman–Crippen LogP) is 0.638. The maximum absolute atomic E-state index is 11.3. The minimum atomic E-state index is -0.902. The Bertz CT molecular complexity index is 215. The van der Waals surface area contributed by atoms with Gasteiger partial charge in [-0.2, -0.15) is 0 Å². The van der Waals surface area contributed by atoms with E-state index in [1.807, 2.05) is 13.8 Å². The van der Waals surface area contributed by atoms with E-state index >= 15 is 0 Å². The van der Waals surface area contributed by atoms with Gasteiger partial charge in [-0.25, -0.2) is 0 Å². The molecule has 1 amide bonds. The van der Waals surface area contributed by atoms with Crippen molar-refractivity contribution in [3.8, 4) is 0 Å². The van der Waals surface area contributed by atoms with Gasteiger partial charge in [-0.05, 0) is 5.92 Å². The first-order valence-corrected chi connectivity index (χ1v) is 4.97. The van der Waals surface area contributed by atoms with E-state index in [0.717, 1.165) is 0 Å². The van der Waals surface area contributed by atoms with Gasteiger partial charge >= 0.3 is 5.97 Å². The molecule has 0 aromatic heterocycles. The molecule has 88 valence electrons. The van der Waals surface area contributed by atoms with Gasteiger partial charge in [-0.15, -0.1) is 0 Å². The van der Waals surface area contributed by atoms with E-state index in [1.165, 1.54) is 7.11 Å². The highest BCUT2D eigenvalue weighted by Crippen LogP contribution is 2.06. The molecule has 5 nitrogen and oxygen atoms in total. The first-order valence-electron chi connectivity index (χ1n) is 4.97. The zero-order valence-electron chi connectivity index (χ0n) is 9.45. The van der Waals surface area contributed by atoms with Crippen LogP contribution in [0.1, 0.15) is 26.7 Å². The van der Waals surface area contributed by atoms with Crippen LogP contribution in [0.5, 0.6) is 0 Å². The van der Waals surface area contributed by atoms with Crippen LogP contribution in [0.2, 0.25) is 0 Å². The Morgan fingerprint density at radius 3 is 2.40 bits per heavy atom. The number of carbonyl (C=O) groups excluding carboxylic acids is 1. The number of carboxylic acid groups (broad SMARTS) is 1. The van der Waals surface area contributed by atoms with Crippen molar-refractivity contribution in [2.75, 3.05) is 13.7 Å². The molecule has 0 rings (SSSR count). The third kappa shape index (κ3) is 6.90. The van der Waals surface area contributed by atoms with E-state index in [4.69, 9.17) is 9.84 Å². The molecule has 5 heteroatoms. The maximum atomic E-state index is 11.3. The highest BCUT2D eigenvalue weighted by Gasteiger charge is 2.18. The molecule has 0 spiro atoms. The first-order chi connectivity index (χ1) is 6.97. The molecular weight excluding hydrogens is 198 g/mol. The van der Waals surface area contributed by atoms with Crippen molar-refractivity contribution in [1.82, 2.24) is 5.32 Å². The smallest absolute Gasteiger partial charge is 0.305 e. The summed E-state index contributed by atoms with van der Waals surface area (Å²) in [4.78, 5) is 21.8. The summed E-state index contributed by atoms with van der Waals surface area (Å²) in [5, 5.41) is 11.3. The Morgan fingerprint density at radius 1 is 1.40 bits per heavy atom. The SMILES string of the molecule is COCCC(=O)NC(CC(=O)O)C(C)C. The number of hydrogen-bond acceptors (Lipinski definition) is 3. The summed E-state index contributed by atoms with van der Waals surface area (Å²) >= 11 is 0. The van der Waals surface area contributed by atoms with Crippen LogP contribution in [0.15, 0.2) is 0 Å². The van der Waals surface area contributed by atoms with Crippen LogP contribution < -0.4 is 5.32 Å². The van der Waals surface area contributed by atoms with Gasteiger partial charge in [-0.1, -0.05) is 13.8 Å². The Hall–Kier alpha value is -1.10. The molecule has 15 heavy (non-hydrogen) atoms. The average molecular weight is 217 g/mol. The fourth-order valence-corrected chi connectivity index (χ4v) is 1.12. The molecule has 0 heterocycles. The predicted molar refractivity (Wildman–Crippen MR) is 55.5 cm³/mol. The zero-order valence-corrected chi connectivity index (χ0v) is 9.45. The molecule has 0 saturated carbocycles. The Labute approximate surface area is 89.8 Å². The van der Waals surface area contributed by atoms with Gasteiger partial charge in [0.05, 0.1) is 13.0 Å². The zero-order chi connectivity index (χ0) is 11.8. The lowest BCUT2D eigenvalue weighted by atomic mass is 10.0. The molecule has 0 aromatic carbocycles. The van der Waals surface area contributed by atoms with Gasteiger partial charge in [0.2, 0.25) is 5.91 Å². The van der Waals surface area contributed by atoms with Crippen LogP contribution in [-0.4, -0.2) is 36.7 Å². The van der Waals surface area contributed by atoms with Crippen molar-refractivity contribution in [3.05, 3.63) is 0 Å². The van der Waals surface area contributed by atoms with Crippen molar-refractivity contribution < 1.29 is 19.4 Å². The number of methoxy groups -OCH3 is 1. The minimum absolute atomic E-state index is 0.0452. The van der Waals surface area contributed by atoms with Crippen LogP contribution in [0, 0.1) is 5.92 Å². The summed E-state index contributed by atoms with van der Waals surface area (Å²) in [6, 6.07) is -0.313. The summed E-state index contributed by atoms with van der Waals surface area (Å²) in [6.45, 7) is 4.11. The first kappa shape index (κ1) is 13.9. The molecule has 0 bridgehead atoms. The Morgan fingerprint density at radius 2 is 2.00 bits per heavy atom. The number of nitrogens with one attached hydrogen (secondary N) is 1. The number of ether oxygens (including phenoxy) is 1. The molecule has 0 aliphatic carbocycles. The van der Waals surface area contributed by atoms with Gasteiger partial charge in [0, 0.05) is 19.6 Å². The molecule has 0 saturated heterocycles. The van der Waals surface area contributed by atoms with Gasteiger partial charge in [0.25, 0.3) is 0 Å². The van der Waals surface area contributed by atoms with Crippen LogP contribution >= 0.6 is 0 Å². The van der Waals surface area contributed by atoms with Gasteiger partial charge in [0.15, 0.2) is 0 Å². The van der Waals surface area contributed by atoms with E-state index in [0.29, 0.717) is 6.61 Å². The second kappa shape index (κ2) is 7.23. The average Bonchev–Trinajstić information content (AvgIpc) is 2.12. The molecule has 2 N–H and O–H groups in total. The summed E-state index contributed by atoms with van der Waals surface area (Å²) in [5.74, 6) is -0.967. The molecular formula is C10H19NO4.